The molecular weight excluding hydrogens is 296 g/mol. The van der Waals surface area contributed by atoms with Crippen LogP contribution < -0.4 is 5.32 Å². The van der Waals surface area contributed by atoms with Crippen molar-refractivity contribution in [2.24, 2.45) is 0 Å². The minimum absolute atomic E-state index is 0.364. The Kier molecular flexibility index (Phi) is 5.70. The second-order valence-corrected chi connectivity index (χ2v) is 5.64. The third-order valence-electron chi connectivity index (χ3n) is 2.55. The molecule has 0 saturated heterocycles. The second kappa shape index (κ2) is 7.52. The molecule has 0 fully saturated rings. The SMILES string of the molecule is CCOCc1nc(Cl)cc(NCc2ncc(CC)s2)n1. The highest BCUT2D eigenvalue weighted by molar-refractivity contribution is 7.11. The van der Waals surface area contributed by atoms with Crippen molar-refractivity contribution < 1.29 is 4.74 Å². The Morgan fingerprint density at radius 2 is 2.20 bits per heavy atom. The molecule has 1 N–H and O–H groups in total. The van der Waals surface area contributed by atoms with Crippen LogP contribution in [-0.4, -0.2) is 21.6 Å². The molecule has 7 heteroatoms. The molecule has 0 spiro atoms. The molecule has 0 saturated carbocycles. The Bertz CT molecular complexity index is 561. The van der Waals surface area contributed by atoms with Gasteiger partial charge >= 0.3 is 0 Å². The van der Waals surface area contributed by atoms with Crippen LogP contribution >= 0.6 is 22.9 Å². The lowest BCUT2D eigenvalue weighted by Gasteiger charge is -2.06. The standard InChI is InChI=1S/C13H17ClN4OS/c1-3-9-6-16-13(20-9)7-15-11-5-10(14)17-12(18-11)8-19-4-2/h5-6H,3-4,7-8H2,1-2H3,(H,15,17,18). The van der Waals surface area contributed by atoms with Crippen molar-refractivity contribution in [3.8, 4) is 0 Å². The highest BCUT2D eigenvalue weighted by Gasteiger charge is 2.05. The van der Waals surface area contributed by atoms with Gasteiger partial charge in [-0.1, -0.05) is 18.5 Å². The molecule has 0 atom stereocenters. The number of nitrogens with one attached hydrogen (secondary N) is 1. The normalized spacial score (nSPS) is 10.8. The van der Waals surface area contributed by atoms with Crippen LogP contribution in [-0.2, 0) is 24.3 Å². The molecule has 2 aromatic rings. The van der Waals surface area contributed by atoms with Crippen LogP contribution in [0.1, 0.15) is 29.6 Å². The molecule has 20 heavy (non-hydrogen) atoms. The molecule has 0 radical (unpaired) electrons. The molecule has 0 unspecified atom stereocenters. The maximum Gasteiger partial charge on any atom is 0.158 e. The predicted octanol–water partition coefficient (Wildman–Crippen LogP) is 3.30. The van der Waals surface area contributed by atoms with Gasteiger partial charge < -0.3 is 10.1 Å². The minimum Gasteiger partial charge on any atom is -0.374 e. The first-order chi connectivity index (χ1) is 9.71. The van der Waals surface area contributed by atoms with Gasteiger partial charge in [0, 0.05) is 23.7 Å². The number of hydrogen-bond donors (Lipinski definition) is 1. The van der Waals surface area contributed by atoms with Gasteiger partial charge in [-0.2, -0.15) is 0 Å². The van der Waals surface area contributed by atoms with Gasteiger partial charge in [-0.3, -0.25) is 0 Å². The van der Waals surface area contributed by atoms with E-state index < -0.39 is 0 Å². The summed E-state index contributed by atoms with van der Waals surface area (Å²) in [7, 11) is 0. The molecule has 0 aromatic carbocycles. The van der Waals surface area contributed by atoms with E-state index in [9.17, 15) is 0 Å². The summed E-state index contributed by atoms with van der Waals surface area (Å²) in [5.74, 6) is 1.27. The van der Waals surface area contributed by atoms with Crippen LogP contribution in [0.2, 0.25) is 5.15 Å². The van der Waals surface area contributed by atoms with E-state index in [1.807, 2.05) is 13.1 Å². The second-order valence-electron chi connectivity index (χ2n) is 4.06. The van der Waals surface area contributed by atoms with Gasteiger partial charge in [0.25, 0.3) is 0 Å². The monoisotopic (exact) mass is 312 g/mol. The van der Waals surface area contributed by atoms with Crippen molar-refractivity contribution in [3.05, 3.63) is 33.1 Å². The van der Waals surface area contributed by atoms with Crippen molar-refractivity contribution in [2.45, 2.75) is 33.4 Å². The lowest BCUT2D eigenvalue weighted by molar-refractivity contribution is 0.128. The topological polar surface area (TPSA) is 59.9 Å². The number of anilines is 1. The first kappa shape index (κ1) is 15.2. The van der Waals surface area contributed by atoms with Crippen LogP contribution in [0.4, 0.5) is 5.82 Å². The highest BCUT2D eigenvalue weighted by atomic mass is 35.5. The number of ether oxygens (including phenoxy) is 1. The van der Waals surface area contributed by atoms with E-state index in [0.717, 1.165) is 11.4 Å². The van der Waals surface area contributed by atoms with Crippen molar-refractivity contribution in [3.63, 3.8) is 0 Å². The van der Waals surface area contributed by atoms with E-state index in [-0.39, 0.29) is 0 Å². The fourth-order valence-electron chi connectivity index (χ4n) is 1.57. The van der Waals surface area contributed by atoms with Crippen LogP contribution in [0, 0.1) is 0 Å². The summed E-state index contributed by atoms with van der Waals surface area (Å²) in [5.41, 5.74) is 0. The quantitative estimate of drug-likeness (QED) is 0.795. The average molecular weight is 313 g/mol. The number of halogens is 1. The zero-order valence-electron chi connectivity index (χ0n) is 11.5. The van der Waals surface area contributed by atoms with E-state index >= 15 is 0 Å². The van der Waals surface area contributed by atoms with Gasteiger partial charge in [-0.05, 0) is 13.3 Å². The third-order valence-corrected chi connectivity index (χ3v) is 3.88. The summed E-state index contributed by atoms with van der Waals surface area (Å²) < 4.78 is 5.29. The molecule has 2 rings (SSSR count). The Hall–Kier alpha value is -1.24. The van der Waals surface area contributed by atoms with Crippen molar-refractivity contribution in [1.29, 1.82) is 0 Å². The predicted molar refractivity (Wildman–Crippen MR) is 81.2 cm³/mol. The Morgan fingerprint density at radius 3 is 2.90 bits per heavy atom. The van der Waals surface area contributed by atoms with Gasteiger partial charge in [0.1, 0.15) is 22.6 Å². The van der Waals surface area contributed by atoms with Crippen molar-refractivity contribution in [2.75, 3.05) is 11.9 Å². The number of aryl methyl sites for hydroxylation is 1. The first-order valence-corrected chi connectivity index (χ1v) is 7.69. The number of hydrogen-bond acceptors (Lipinski definition) is 6. The number of thiazole rings is 1. The van der Waals surface area contributed by atoms with Crippen LogP contribution in [0.15, 0.2) is 12.3 Å². The fourth-order valence-corrected chi connectivity index (χ4v) is 2.58. The maximum atomic E-state index is 5.98. The van der Waals surface area contributed by atoms with Gasteiger partial charge in [0.2, 0.25) is 0 Å². The Balaban J connectivity index is 1.99. The largest absolute Gasteiger partial charge is 0.374 e. The van der Waals surface area contributed by atoms with E-state index in [4.69, 9.17) is 16.3 Å². The van der Waals surface area contributed by atoms with Gasteiger partial charge in [0.15, 0.2) is 5.82 Å². The molecule has 2 aromatic heterocycles. The summed E-state index contributed by atoms with van der Waals surface area (Å²) in [6.45, 7) is 5.67. The smallest absolute Gasteiger partial charge is 0.158 e. The summed E-state index contributed by atoms with van der Waals surface area (Å²) in [6.07, 6.45) is 2.92. The molecule has 2 heterocycles. The van der Waals surface area contributed by atoms with Crippen molar-refractivity contribution in [1.82, 2.24) is 15.0 Å². The van der Waals surface area contributed by atoms with Gasteiger partial charge in [-0.25, -0.2) is 15.0 Å². The van der Waals surface area contributed by atoms with Crippen LogP contribution in [0.25, 0.3) is 0 Å². The molecule has 0 bridgehead atoms. The summed E-state index contributed by atoms with van der Waals surface area (Å²) in [6, 6.07) is 1.70. The van der Waals surface area contributed by atoms with E-state index in [2.05, 4.69) is 27.2 Å². The number of nitrogens with zero attached hydrogens (tertiary/aromatic N) is 3. The van der Waals surface area contributed by atoms with Gasteiger partial charge in [0.05, 0.1) is 6.54 Å². The van der Waals surface area contributed by atoms with E-state index in [1.165, 1.54) is 4.88 Å². The Morgan fingerprint density at radius 1 is 1.35 bits per heavy atom. The zero-order chi connectivity index (χ0) is 14.4. The number of aromatic nitrogens is 3. The third kappa shape index (κ3) is 4.40. The van der Waals surface area contributed by atoms with Crippen LogP contribution in [0.3, 0.4) is 0 Å². The minimum atomic E-state index is 0.364. The van der Waals surface area contributed by atoms with Crippen molar-refractivity contribution >= 4 is 28.8 Å². The number of rotatable bonds is 7. The lowest BCUT2D eigenvalue weighted by Crippen LogP contribution is -2.05. The zero-order valence-corrected chi connectivity index (χ0v) is 13.1. The van der Waals surface area contributed by atoms with E-state index in [0.29, 0.717) is 36.6 Å². The Labute approximate surface area is 127 Å². The first-order valence-electron chi connectivity index (χ1n) is 6.50. The lowest BCUT2D eigenvalue weighted by atomic mass is 10.4. The van der Waals surface area contributed by atoms with Gasteiger partial charge in [-0.15, -0.1) is 11.3 Å². The molecule has 0 amide bonds. The molecule has 5 nitrogen and oxygen atoms in total. The van der Waals surface area contributed by atoms with Crippen LogP contribution in [0.5, 0.6) is 0 Å². The average Bonchev–Trinajstić information content (AvgIpc) is 2.90. The summed E-state index contributed by atoms with van der Waals surface area (Å²) in [5, 5.41) is 4.65. The van der Waals surface area contributed by atoms with E-state index in [1.54, 1.807) is 17.4 Å². The summed E-state index contributed by atoms with van der Waals surface area (Å²) in [4.78, 5) is 14.1. The molecule has 0 aliphatic heterocycles. The highest BCUT2D eigenvalue weighted by Crippen LogP contribution is 2.16. The molecule has 0 aliphatic carbocycles. The molecule has 108 valence electrons. The maximum absolute atomic E-state index is 5.98. The molecular formula is C13H17ClN4OS. The fraction of sp³-hybridized carbons (Fsp3) is 0.462. The molecule has 0 aliphatic rings. The summed E-state index contributed by atoms with van der Waals surface area (Å²) >= 11 is 7.68.